The van der Waals surface area contributed by atoms with Crippen LogP contribution in [-0.2, 0) is 0 Å². The minimum Gasteiger partial charge on any atom is -0.248 e. The molecule has 0 radical (unpaired) electrons. The van der Waals surface area contributed by atoms with Crippen molar-refractivity contribution in [2.24, 2.45) is 0 Å². The summed E-state index contributed by atoms with van der Waals surface area (Å²) in [7, 11) is 0. The average molecular weight is 230 g/mol. The molecule has 0 aromatic rings. The number of hydrogen-bond acceptors (Lipinski definition) is 0. The molecule has 0 N–H and O–H groups in total. The summed E-state index contributed by atoms with van der Waals surface area (Å²) in [6.07, 6.45) is 1.90. The lowest BCUT2D eigenvalue weighted by molar-refractivity contribution is 0.305. The fraction of sp³-hybridized carbons (Fsp3) is 1.00. The number of rotatable bonds is 4. The molecule has 0 aliphatic rings. The van der Waals surface area contributed by atoms with Crippen molar-refractivity contribution in [1.29, 1.82) is 0 Å². The minimum absolute atomic E-state index is 0.551. The maximum absolute atomic E-state index is 12.3. The van der Waals surface area contributed by atoms with Gasteiger partial charge in [-0.1, -0.05) is 29.5 Å². The fourth-order valence-electron chi connectivity index (χ4n) is 0.503. The second-order valence-corrected chi connectivity index (χ2v) is 2.92. The first-order chi connectivity index (χ1) is 3.81. The maximum atomic E-state index is 12.3. The van der Waals surface area contributed by atoms with E-state index in [1.807, 2.05) is 6.92 Å². The van der Waals surface area contributed by atoms with E-state index in [-0.39, 0.29) is 0 Å². The van der Waals surface area contributed by atoms with E-state index in [0.717, 1.165) is 17.3 Å². The van der Waals surface area contributed by atoms with E-state index in [1.165, 1.54) is 0 Å². The highest BCUT2D eigenvalue weighted by molar-refractivity contribution is 14.1. The van der Waals surface area contributed by atoms with Gasteiger partial charge in [0.15, 0.2) is 0 Å². The summed E-state index contributed by atoms with van der Waals surface area (Å²) in [5.74, 6) is 0. The Balaban J connectivity index is 2.86. The van der Waals surface area contributed by atoms with Crippen LogP contribution in [0.3, 0.4) is 0 Å². The van der Waals surface area contributed by atoms with E-state index in [9.17, 15) is 4.39 Å². The molecule has 0 aliphatic heterocycles. The molecule has 0 amide bonds. The van der Waals surface area contributed by atoms with Crippen LogP contribution in [0.5, 0.6) is 0 Å². The molecule has 1 atom stereocenters. The highest BCUT2D eigenvalue weighted by Gasteiger charge is 1.99. The van der Waals surface area contributed by atoms with Crippen LogP contribution in [0.2, 0.25) is 0 Å². The van der Waals surface area contributed by atoms with Crippen molar-refractivity contribution in [1.82, 2.24) is 0 Å². The van der Waals surface area contributed by atoms with Crippen molar-refractivity contribution in [2.75, 3.05) is 4.43 Å². The zero-order valence-electron chi connectivity index (χ0n) is 5.16. The Labute approximate surface area is 64.0 Å². The fourth-order valence-corrected chi connectivity index (χ4v) is 0.943. The molecule has 0 aromatic heterocycles. The summed E-state index contributed by atoms with van der Waals surface area (Å²) < 4.78 is 13.4. The van der Waals surface area contributed by atoms with Gasteiger partial charge in [0, 0.05) is 0 Å². The third-order valence-electron chi connectivity index (χ3n) is 1.09. The van der Waals surface area contributed by atoms with E-state index in [2.05, 4.69) is 22.6 Å². The van der Waals surface area contributed by atoms with Gasteiger partial charge in [0.25, 0.3) is 0 Å². The molecule has 2 heteroatoms. The summed E-state index contributed by atoms with van der Waals surface area (Å²) in [6.45, 7) is 1.89. The van der Waals surface area contributed by atoms with E-state index in [0.29, 0.717) is 6.42 Å². The molecule has 1 unspecified atom stereocenters. The molecule has 8 heavy (non-hydrogen) atoms. The van der Waals surface area contributed by atoms with Gasteiger partial charge in [-0.05, 0) is 23.7 Å². The maximum Gasteiger partial charge on any atom is 0.0999 e. The lowest BCUT2D eigenvalue weighted by Gasteiger charge is -2.00. The van der Waals surface area contributed by atoms with Gasteiger partial charge < -0.3 is 0 Å². The van der Waals surface area contributed by atoms with Crippen molar-refractivity contribution < 1.29 is 4.39 Å². The summed E-state index contributed by atoms with van der Waals surface area (Å²) in [6, 6.07) is 0. The topological polar surface area (TPSA) is 0 Å². The molecule has 0 rings (SSSR count). The van der Waals surface area contributed by atoms with Crippen LogP contribution in [0.15, 0.2) is 0 Å². The van der Waals surface area contributed by atoms with Crippen LogP contribution in [0.1, 0.15) is 26.2 Å². The SMILES string of the molecule is CCC(F)CCCI. The van der Waals surface area contributed by atoms with Crippen LogP contribution in [0.4, 0.5) is 4.39 Å². The van der Waals surface area contributed by atoms with Crippen LogP contribution < -0.4 is 0 Å². The molecule has 0 nitrogen and oxygen atoms in total. The number of halogens is 2. The van der Waals surface area contributed by atoms with E-state index >= 15 is 0 Å². The van der Waals surface area contributed by atoms with Crippen LogP contribution in [0.25, 0.3) is 0 Å². The predicted molar refractivity (Wildman–Crippen MR) is 43.3 cm³/mol. The second-order valence-electron chi connectivity index (χ2n) is 1.84. The molecule has 50 valence electrons. The molecule has 0 fully saturated rings. The molecule has 0 saturated heterocycles. The largest absolute Gasteiger partial charge is 0.248 e. The van der Waals surface area contributed by atoms with Gasteiger partial charge >= 0.3 is 0 Å². The highest BCUT2D eigenvalue weighted by atomic mass is 127. The number of hydrogen-bond donors (Lipinski definition) is 0. The predicted octanol–water partition coefficient (Wildman–Crippen LogP) is 2.95. The van der Waals surface area contributed by atoms with Gasteiger partial charge in [0.05, 0.1) is 6.17 Å². The Morgan fingerprint density at radius 2 is 2.25 bits per heavy atom. The lowest BCUT2D eigenvalue weighted by Crippen LogP contribution is -1.96. The van der Waals surface area contributed by atoms with Gasteiger partial charge in [-0.3, -0.25) is 0 Å². The molecule has 0 heterocycles. The Bertz CT molecular complexity index is 47.8. The standard InChI is InChI=1S/C6H12FI/c1-2-6(7)4-3-5-8/h6H,2-5H2,1H3. The molecule has 0 aromatic carbocycles. The van der Waals surface area contributed by atoms with Crippen molar-refractivity contribution in [3.63, 3.8) is 0 Å². The summed E-state index contributed by atoms with van der Waals surface area (Å²) in [5, 5.41) is 0. The zero-order valence-corrected chi connectivity index (χ0v) is 7.32. The molecular formula is C6H12FI. The van der Waals surface area contributed by atoms with Crippen molar-refractivity contribution >= 4 is 22.6 Å². The number of alkyl halides is 2. The van der Waals surface area contributed by atoms with Gasteiger partial charge in [-0.25, -0.2) is 4.39 Å². The van der Waals surface area contributed by atoms with E-state index in [1.54, 1.807) is 0 Å². The summed E-state index contributed by atoms with van der Waals surface area (Å²) in [4.78, 5) is 0. The first-order valence-corrected chi connectivity index (χ1v) is 4.53. The molecule has 0 bridgehead atoms. The van der Waals surface area contributed by atoms with Gasteiger partial charge in [0.1, 0.15) is 0 Å². The lowest BCUT2D eigenvalue weighted by atomic mass is 10.2. The molecule has 0 saturated carbocycles. The Kier molecular flexibility index (Phi) is 6.27. The normalized spacial score (nSPS) is 13.9. The average Bonchev–Trinajstić information content (AvgIpc) is 1.83. The van der Waals surface area contributed by atoms with E-state index in [4.69, 9.17) is 0 Å². The Hall–Kier alpha value is 0.660. The molecular weight excluding hydrogens is 218 g/mol. The summed E-state index contributed by atoms with van der Waals surface area (Å²) in [5.41, 5.74) is 0. The monoisotopic (exact) mass is 230 g/mol. The first kappa shape index (κ1) is 8.66. The first-order valence-electron chi connectivity index (χ1n) is 3.01. The second kappa shape index (κ2) is 5.79. The Morgan fingerprint density at radius 3 is 2.62 bits per heavy atom. The molecule has 0 aliphatic carbocycles. The molecule has 0 spiro atoms. The third-order valence-corrected chi connectivity index (χ3v) is 1.86. The zero-order chi connectivity index (χ0) is 6.41. The third kappa shape index (κ3) is 4.81. The minimum atomic E-state index is -0.551. The highest BCUT2D eigenvalue weighted by Crippen LogP contribution is 2.06. The Morgan fingerprint density at radius 1 is 1.62 bits per heavy atom. The quantitative estimate of drug-likeness (QED) is 0.514. The van der Waals surface area contributed by atoms with Gasteiger partial charge in [-0.2, -0.15) is 0 Å². The smallest absolute Gasteiger partial charge is 0.0999 e. The summed E-state index contributed by atoms with van der Waals surface area (Å²) >= 11 is 2.27. The van der Waals surface area contributed by atoms with Crippen LogP contribution >= 0.6 is 22.6 Å². The van der Waals surface area contributed by atoms with Crippen molar-refractivity contribution in [3.05, 3.63) is 0 Å². The van der Waals surface area contributed by atoms with E-state index < -0.39 is 6.17 Å². The van der Waals surface area contributed by atoms with Gasteiger partial charge in [0.2, 0.25) is 0 Å². The van der Waals surface area contributed by atoms with Crippen molar-refractivity contribution in [3.8, 4) is 0 Å². The van der Waals surface area contributed by atoms with Crippen LogP contribution in [0, 0.1) is 0 Å². The van der Waals surface area contributed by atoms with Gasteiger partial charge in [-0.15, -0.1) is 0 Å². The van der Waals surface area contributed by atoms with Crippen molar-refractivity contribution in [2.45, 2.75) is 32.4 Å². The van der Waals surface area contributed by atoms with Crippen LogP contribution in [-0.4, -0.2) is 10.6 Å².